The van der Waals surface area contributed by atoms with Gasteiger partial charge >= 0.3 is 0 Å². The van der Waals surface area contributed by atoms with Crippen LogP contribution in [0, 0.1) is 0 Å². The number of carbonyl (C=O) groups excluding carboxylic acids is 2. The SMILES string of the molecule is COc1c(C(N)=O)cc(C(=O)NC2CCCCC2)c(S(N)(=O)=O)c1CCc1ccccc1. The van der Waals surface area contributed by atoms with Gasteiger partial charge in [0.2, 0.25) is 10.0 Å². The van der Waals surface area contributed by atoms with Gasteiger partial charge in [0.15, 0.2) is 0 Å². The summed E-state index contributed by atoms with van der Waals surface area (Å²) >= 11 is 0. The molecule has 2 aromatic rings. The number of hydrogen-bond acceptors (Lipinski definition) is 5. The van der Waals surface area contributed by atoms with Crippen molar-refractivity contribution in [3.05, 3.63) is 58.7 Å². The van der Waals surface area contributed by atoms with E-state index in [0.717, 1.165) is 37.7 Å². The molecule has 5 N–H and O–H groups in total. The molecule has 0 bridgehead atoms. The van der Waals surface area contributed by atoms with E-state index in [-0.39, 0.29) is 39.8 Å². The molecule has 9 heteroatoms. The Morgan fingerprint density at radius 3 is 2.28 bits per heavy atom. The van der Waals surface area contributed by atoms with Crippen molar-refractivity contribution in [2.45, 2.75) is 55.9 Å². The highest BCUT2D eigenvalue weighted by molar-refractivity contribution is 7.89. The lowest BCUT2D eigenvalue weighted by molar-refractivity contribution is 0.0924. The van der Waals surface area contributed by atoms with Gasteiger partial charge in [-0.3, -0.25) is 9.59 Å². The van der Waals surface area contributed by atoms with Crippen molar-refractivity contribution in [3.63, 3.8) is 0 Å². The van der Waals surface area contributed by atoms with Crippen LogP contribution >= 0.6 is 0 Å². The molecule has 8 nitrogen and oxygen atoms in total. The number of sulfonamides is 1. The lowest BCUT2D eigenvalue weighted by atomic mass is 9.94. The van der Waals surface area contributed by atoms with E-state index in [1.807, 2.05) is 30.3 Å². The van der Waals surface area contributed by atoms with Crippen LogP contribution < -0.4 is 20.9 Å². The second kappa shape index (κ2) is 10.1. The van der Waals surface area contributed by atoms with Crippen LogP contribution in [0.15, 0.2) is 41.3 Å². The van der Waals surface area contributed by atoms with Crippen LogP contribution in [0.5, 0.6) is 5.75 Å². The van der Waals surface area contributed by atoms with Gasteiger partial charge in [-0.1, -0.05) is 49.6 Å². The molecule has 0 atom stereocenters. The number of nitrogens with one attached hydrogen (secondary N) is 1. The van der Waals surface area contributed by atoms with Crippen LogP contribution in [-0.2, 0) is 22.9 Å². The minimum atomic E-state index is -4.32. The highest BCUT2D eigenvalue weighted by Gasteiger charge is 2.31. The number of benzene rings is 2. The first-order valence-electron chi connectivity index (χ1n) is 10.6. The lowest BCUT2D eigenvalue weighted by Crippen LogP contribution is -2.37. The minimum absolute atomic E-state index is 0.0201. The maximum Gasteiger partial charge on any atom is 0.252 e. The number of nitrogens with two attached hydrogens (primary N) is 2. The molecule has 32 heavy (non-hydrogen) atoms. The number of primary amides is 1. The fourth-order valence-electron chi connectivity index (χ4n) is 4.26. The number of methoxy groups -OCH3 is 1. The normalized spacial score (nSPS) is 14.7. The zero-order valence-electron chi connectivity index (χ0n) is 18.1. The number of carbonyl (C=O) groups is 2. The summed E-state index contributed by atoms with van der Waals surface area (Å²) in [5.41, 5.74) is 6.43. The molecule has 0 aliphatic heterocycles. The molecule has 1 saturated carbocycles. The van der Waals surface area contributed by atoms with Crippen LogP contribution in [0.3, 0.4) is 0 Å². The smallest absolute Gasteiger partial charge is 0.252 e. The molecule has 0 unspecified atom stereocenters. The van der Waals surface area contributed by atoms with Gasteiger partial charge < -0.3 is 15.8 Å². The van der Waals surface area contributed by atoms with Crippen molar-refractivity contribution >= 4 is 21.8 Å². The Labute approximate surface area is 188 Å². The molecule has 0 radical (unpaired) electrons. The predicted octanol–water partition coefficient (Wildman–Crippen LogP) is 2.29. The molecule has 1 fully saturated rings. The third kappa shape index (κ3) is 5.46. The van der Waals surface area contributed by atoms with Crippen LogP contribution in [0.2, 0.25) is 0 Å². The number of aryl methyl sites for hydroxylation is 1. The Morgan fingerprint density at radius 2 is 1.72 bits per heavy atom. The summed E-state index contributed by atoms with van der Waals surface area (Å²) in [4.78, 5) is 25.0. The highest BCUT2D eigenvalue weighted by Crippen LogP contribution is 2.34. The first-order valence-corrected chi connectivity index (χ1v) is 12.2. The molecule has 0 aromatic heterocycles. The van der Waals surface area contributed by atoms with E-state index >= 15 is 0 Å². The third-order valence-corrected chi connectivity index (χ3v) is 6.81. The van der Waals surface area contributed by atoms with Crippen molar-refractivity contribution in [1.29, 1.82) is 0 Å². The standard InChI is InChI=1S/C23H29N3O5S/c1-31-20-17(13-12-15-8-4-2-5-9-15)21(32(25,29)30)19(14-18(20)22(24)27)23(28)26-16-10-6-3-7-11-16/h2,4-5,8-9,14,16H,3,6-7,10-13H2,1H3,(H2,24,27)(H,26,28)(H2,25,29,30). The fraction of sp³-hybridized carbons (Fsp3) is 0.391. The molecule has 0 saturated heterocycles. The summed E-state index contributed by atoms with van der Waals surface area (Å²) < 4.78 is 30.7. The van der Waals surface area contributed by atoms with Crippen molar-refractivity contribution in [3.8, 4) is 5.75 Å². The minimum Gasteiger partial charge on any atom is -0.496 e. The van der Waals surface area contributed by atoms with Gasteiger partial charge in [-0.15, -0.1) is 0 Å². The first-order chi connectivity index (χ1) is 15.2. The van der Waals surface area contributed by atoms with Gasteiger partial charge in [0.1, 0.15) is 10.6 Å². The molecule has 2 amide bonds. The largest absolute Gasteiger partial charge is 0.496 e. The third-order valence-electron chi connectivity index (χ3n) is 5.77. The van der Waals surface area contributed by atoms with E-state index in [1.54, 1.807) is 0 Å². The van der Waals surface area contributed by atoms with E-state index in [9.17, 15) is 18.0 Å². The van der Waals surface area contributed by atoms with Crippen molar-refractivity contribution < 1.29 is 22.7 Å². The summed E-state index contributed by atoms with van der Waals surface area (Å²) in [6.45, 7) is 0. The van der Waals surface area contributed by atoms with Gasteiger partial charge in [0, 0.05) is 11.6 Å². The summed E-state index contributed by atoms with van der Waals surface area (Å²) in [7, 11) is -3.00. The van der Waals surface area contributed by atoms with Crippen LogP contribution in [-0.4, -0.2) is 33.4 Å². The summed E-state index contributed by atoms with van der Waals surface area (Å²) in [5, 5.41) is 8.47. The van der Waals surface area contributed by atoms with Gasteiger partial charge in [-0.05, 0) is 37.3 Å². The zero-order chi connectivity index (χ0) is 23.3. The van der Waals surface area contributed by atoms with Crippen LogP contribution in [0.25, 0.3) is 0 Å². The van der Waals surface area contributed by atoms with Gasteiger partial charge in [-0.2, -0.15) is 0 Å². The Balaban J connectivity index is 2.13. The number of hydrogen-bond donors (Lipinski definition) is 3. The summed E-state index contributed by atoms with van der Waals surface area (Å²) in [6, 6.07) is 10.5. The van der Waals surface area contributed by atoms with E-state index in [4.69, 9.17) is 15.6 Å². The van der Waals surface area contributed by atoms with E-state index < -0.39 is 21.8 Å². The molecule has 0 heterocycles. The zero-order valence-corrected chi connectivity index (χ0v) is 18.9. The Hall–Kier alpha value is -2.91. The molecular formula is C23H29N3O5S. The van der Waals surface area contributed by atoms with Gasteiger partial charge in [-0.25, -0.2) is 13.6 Å². The Kier molecular flexibility index (Phi) is 7.52. The van der Waals surface area contributed by atoms with E-state index in [1.165, 1.54) is 13.2 Å². The van der Waals surface area contributed by atoms with Crippen LogP contribution in [0.4, 0.5) is 0 Å². The monoisotopic (exact) mass is 459 g/mol. The predicted molar refractivity (Wildman–Crippen MR) is 121 cm³/mol. The number of amides is 2. The second-order valence-electron chi connectivity index (χ2n) is 8.02. The quantitative estimate of drug-likeness (QED) is 0.555. The molecule has 3 rings (SSSR count). The highest BCUT2D eigenvalue weighted by atomic mass is 32.2. The average molecular weight is 460 g/mol. The lowest BCUT2D eigenvalue weighted by Gasteiger charge is -2.24. The van der Waals surface area contributed by atoms with Crippen molar-refractivity contribution in [1.82, 2.24) is 5.32 Å². The van der Waals surface area contributed by atoms with E-state index in [2.05, 4.69) is 5.32 Å². The molecule has 1 aliphatic carbocycles. The average Bonchev–Trinajstić information content (AvgIpc) is 2.77. The van der Waals surface area contributed by atoms with Crippen LogP contribution in [0.1, 0.15) is 63.9 Å². The number of ether oxygens (including phenoxy) is 1. The molecule has 1 aliphatic rings. The molecule has 172 valence electrons. The maximum absolute atomic E-state index is 13.2. The second-order valence-corrected chi connectivity index (χ2v) is 9.51. The van der Waals surface area contributed by atoms with Crippen molar-refractivity contribution in [2.75, 3.05) is 7.11 Å². The Morgan fingerprint density at radius 1 is 1.06 bits per heavy atom. The molecule has 2 aromatic carbocycles. The number of rotatable bonds is 8. The fourth-order valence-corrected chi connectivity index (χ4v) is 5.26. The van der Waals surface area contributed by atoms with Gasteiger partial charge in [0.05, 0.1) is 18.2 Å². The molecular weight excluding hydrogens is 430 g/mol. The topological polar surface area (TPSA) is 142 Å². The first kappa shape index (κ1) is 23.7. The van der Waals surface area contributed by atoms with Crippen molar-refractivity contribution in [2.24, 2.45) is 10.9 Å². The Bertz CT molecular complexity index is 1090. The van der Waals surface area contributed by atoms with Gasteiger partial charge in [0.25, 0.3) is 11.8 Å². The molecule has 0 spiro atoms. The maximum atomic E-state index is 13.2. The summed E-state index contributed by atoms with van der Waals surface area (Å²) in [5.74, 6) is -1.39. The summed E-state index contributed by atoms with van der Waals surface area (Å²) in [6.07, 6.45) is 5.35. The number of primary sulfonamides is 1. The van der Waals surface area contributed by atoms with E-state index in [0.29, 0.717) is 6.42 Å².